The SMILES string of the molecule is CC1(C)c2ccccc2N(c2ccc3c(c2)c2cc(-c4ccc5c(c4)c4ccccc4n5-c4ccccc4)ccc2n3-c2ccccc2)c2cc3oc4cc5c6ccccc6c6ccccc6c5cc4c3cc21. The lowest BCUT2D eigenvalue weighted by atomic mass is 9.73. The molecule has 0 fully saturated rings. The Bertz CT molecular complexity index is 4820. The second-order valence-electron chi connectivity index (χ2n) is 20.5. The maximum Gasteiger partial charge on any atom is 0.137 e. The summed E-state index contributed by atoms with van der Waals surface area (Å²) in [7, 11) is 0. The summed E-state index contributed by atoms with van der Waals surface area (Å²) in [6.45, 7) is 4.75. The van der Waals surface area contributed by atoms with Gasteiger partial charge in [0, 0.05) is 60.9 Å². The predicted octanol–water partition coefficient (Wildman–Crippen LogP) is 19.0. The molecule has 15 aromatic rings. The average Bonchev–Trinajstić information content (AvgIpc) is 4.09. The Morgan fingerprint density at radius 1 is 0.288 bits per heavy atom. The number of aromatic nitrogens is 2. The van der Waals surface area contributed by atoms with E-state index in [1.54, 1.807) is 0 Å². The van der Waals surface area contributed by atoms with Crippen LogP contribution < -0.4 is 4.90 Å². The van der Waals surface area contributed by atoms with E-state index in [4.69, 9.17) is 4.42 Å². The van der Waals surface area contributed by atoms with Gasteiger partial charge in [0.25, 0.3) is 0 Å². The number of anilines is 3. The molecule has 0 N–H and O–H groups in total. The van der Waals surface area contributed by atoms with E-state index in [1.165, 1.54) is 98.4 Å². The third-order valence-electron chi connectivity index (χ3n) is 16.2. The fourth-order valence-corrected chi connectivity index (χ4v) is 12.8. The van der Waals surface area contributed by atoms with Crippen molar-refractivity contribution in [2.75, 3.05) is 4.90 Å². The Labute approximate surface area is 420 Å². The van der Waals surface area contributed by atoms with Crippen LogP contribution in [-0.2, 0) is 5.41 Å². The summed E-state index contributed by atoms with van der Waals surface area (Å²) in [4.78, 5) is 2.48. The lowest BCUT2D eigenvalue weighted by Gasteiger charge is -2.42. The topological polar surface area (TPSA) is 26.2 Å². The first-order chi connectivity index (χ1) is 36.0. The summed E-state index contributed by atoms with van der Waals surface area (Å²) in [5.41, 5.74) is 16.8. The molecule has 4 heterocycles. The molecule has 1 aliphatic rings. The van der Waals surface area contributed by atoms with Crippen LogP contribution in [0.1, 0.15) is 25.0 Å². The van der Waals surface area contributed by atoms with Crippen LogP contribution in [0.15, 0.2) is 241 Å². The first-order valence-corrected chi connectivity index (χ1v) is 25.3. The van der Waals surface area contributed by atoms with Crippen LogP contribution in [0.25, 0.3) is 120 Å². The summed E-state index contributed by atoms with van der Waals surface area (Å²) in [6, 6.07) is 87.2. The fourth-order valence-electron chi connectivity index (χ4n) is 12.8. The van der Waals surface area contributed by atoms with E-state index >= 15 is 0 Å². The van der Waals surface area contributed by atoms with E-state index in [1.807, 2.05) is 0 Å². The number of furan rings is 1. The molecule has 3 aromatic heterocycles. The van der Waals surface area contributed by atoms with Gasteiger partial charge >= 0.3 is 0 Å². The van der Waals surface area contributed by atoms with Gasteiger partial charge in [-0.05, 0) is 152 Å². The Balaban J connectivity index is 0.911. The van der Waals surface area contributed by atoms with E-state index in [2.05, 4.69) is 264 Å². The number of fused-ring (bicyclic) bond motifs is 17. The molecule has 4 heteroatoms. The second kappa shape index (κ2) is 14.8. The van der Waals surface area contributed by atoms with Crippen molar-refractivity contribution in [3.8, 4) is 22.5 Å². The van der Waals surface area contributed by atoms with Crippen molar-refractivity contribution in [1.82, 2.24) is 9.13 Å². The van der Waals surface area contributed by atoms with Crippen LogP contribution in [0.5, 0.6) is 0 Å². The molecular weight excluding hydrogens is 887 g/mol. The zero-order valence-corrected chi connectivity index (χ0v) is 40.3. The number of hydrogen-bond donors (Lipinski definition) is 0. The summed E-state index contributed by atoms with van der Waals surface area (Å²) in [5, 5.41) is 14.6. The molecule has 4 nitrogen and oxygen atoms in total. The molecular formula is C69H45N3O. The zero-order chi connectivity index (χ0) is 48.1. The van der Waals surface area contributed by atoms with E-state index in [-0.39, 0.29) is 5.41 Å². The summed E-state index contributed by atoms with van der Waals surface area (Å²) < 4.78 is 11.8. The van der Waals surface area contributed by atoms with E-state index in [0.29, 0.717) is 0 Å². The third-order valence-corrected chi connectivity index (χ3v) is 16.2. The lowest BCUT2D eigenvalue weighted by Crippen LogP contribution is -2.30. The van der Waals surface area contributed by atoms with Gasteiger partial charge < -0.3 is 18.5 Å². The van der Waals surface area contributed by atoms with Crippen LogP contribution in [0.4, 0.5) is 17.1 Å². The first kappa shape index (κ1) is 40.4. The molecule has 16 rings (SSSR count). The highest BCUT2D eigenvalue weighted by Gasteiger charge is 2.38. The van der Waals surface area contributed by atoms with Crippen LogP contribution in [0, 0.1) is 0 Å². The Kier molecular flexibility index (Phi) is 8.20. The maximum absolute atomic E-state index is 7.01. The highest BCUT2D eigenvalue weighted by Crippen LogP contribution is 2.54. The number of nitrogens with zero attached hydrogens (tertiary/aromatic N) is 3. The largest absolute Gasteiger partial charge is 0.456 e. The molecule has 0 bridgehead atoms. The number of para-hydroxylation sites is 4. The summed E-state index contributed by atoms with van der Waals surface area (Å²) >= 11 is 0. The zero-order valence-electron chi connectivity index (χ0n) is 40.3. The van der Waals surface area contributed by atoms with E-state index < -0.39 is 0 Å². The highest BCUT2D eigenvalue weighted by molar-refractivity contribution is 6.28. The van der Waals surface area contributed by atoms with Crippen molar-refractivity contribution in [3.63, 3.8) is 0 Å². The number of hydrogen-bond acceptors (Lipinski definition) is 2. The third kappa shape index (κ3) is 5.66. The van der Waals surface area contributed by atoms with Gasteiger partial charge in [0.2, 0.25) is 0 Å². The Hall–Kier alpha value is -9.38. The Morgan fingerprint density at radius 2 is 0.753 bits per heavy atom. The summed E-state index contributed by atoms with van der Waals surface area (Å²) in [6.07, 6.45) is 0. The minimum Gasteiger partial charge on any atom is -0.456 e. The van der Waals surface area contributed by atoms with Gasteiger partial charge in [-0.25, -0.2) is 0 Å². The second-order valence-corrected chi connectivity index (χ2v) is 20.5. The van der Waals surface area contributed by atoms with Crippen molar-refractivity contribution in [2.45, 2.75) is 19.3 Å². The van der Waals surface area contributed by atoms with Gasteiger partial charge in [-0.2, -0.15) is 0 Å². The quantitative estimate of drug-likeness (QED) is 0.164. The average molecular weight is 932 g/mol. The first-order valence-electron chi connectivity index (χ1n) is 25.3. The van der Waals surface area contributed by atoms with Crippen molar-refractivity contribution >= 4 is 115 Å². The van der Waals surface area contributed by atoms with Gasteiger partial charge in [0.15, 0.2) is 0 Å². The number of benzene rings is 12. The van der Waals surface area contributed by atoms with Crippen molar-refractivity contribution in [1.29, 1.82) is 0 Å². The van der Waals surface area contributed by atoms with Gasteiger partial charge in [0.1, 0.15) is 11.2 Å². The monoisotopic (exact) mass is 931 g/mol. The van der Waals surface area contributed by atoms with Crippen molar-refractivity contribution in [3.05, 3.63) is 248 Å². The molecule has 12 aromatic carbocycles. The minimum atomic E-state index is -0.295. The van der Waals surface area contributed by atoms with Crippen LogP contribution >= 0.6 is 0 Å². The normalized spacial score (nSPS) is 13.4. The molecule has 0 atom stereocenters. The molecule has 73 heavy (non-hydrogen) atoms. The molecule has 342 valence electrons. The minimum absolute atomic E-state index is 0.295. The van der Waals surface area contributed by atoms with E-state index in [0.717, 1.165) is 50.2 Å². The van der Waals surface area contributed by atoms with Gasteiger partial charge in [-0.3, -0.25) is 0 Å². The van der Waals surface area contributed by atoms with Crippen LogP contribution in [0.2, 0.25) is 0 Å². The van der Waals surface area contributed by atoms with Gasteiger partial charge in [-0.1, -0.05) is 147 Å². The smallest absolute Gasteiger partial charge is 0.137 e. The Morgan fingerprint density at radius 3 is 1.40 bits per heavy atom. The van der Waals surface area contributed by atoms with Gasteiger partial charge in [0.05, 0.1) is 33.4 Å². The molecule has 1 aliphatic heterocycles. The molecule has 0 radical (unpaired) electrons. The summed E-state index contributed by atoms with van der Waals surface area (Å²) in [5.74, 6) is 0. The predicted molar refractivity (Wildman–Crippen MR) is 307 cm³/mol. The molecule has 0 amide bonds. The molecule has 0 spiro atoms. The fraction of sp³-hybridized carbons (Fsp3) is 0.0435. The molecule has 0 unspecified atom stereocenters. The van der Waals surface area contributed by atoms with Crippen molar-refractivity contribution in [2.24, 2.45) is 0 Å². The van der Waals surface area contributed by atoms with Gasteiger partial charge in [-0.15, -0.1) is 0 Å². The highest BCUT2D eigenvalue weighted by atomic mass is 16.3. The standard InChI is InChI=1S/C69H45N3O/c1-69(2)59-26-14-16-28-65(59)72(66-41-68-58(39-60(66)69)57-38-52-49-23-11-9-21-47(49)48-22-10-12-24-50(48)53(52)40-67(57)73-68)46-31-34-64-56(37-46)55-36-43(30-33-63(55)71(64)45-19-7-4-8-20-45)42-29-32-62-54(35-42)51-25-13-15-27-61(51)70(62)44-17-5-3-6-18-44/h3-41H,1-2H3. The van der Waals surface area contributed by atoms with Crippen LogP contribution in [-0.4, -0.2) is 9.13 Å². The number of rotatable bonds is 4. The van der Waals surface area contributed by atoms with Crippen molar-refractivity contribution < 1.29 is 4.42 Å². The molecule has 0 aliphatic carbocycles. The van der Waals surface area contributed by atoms with E-state index in [9.17, 15) is 0 Å². The van der Waals surface area contributed by atoms with Crippen LogP contribution in [0.3, 0.4) is 0 Å². The lowest BCUT2D eigenvalue weighted by molar-refractivity contribution is 0.630. The molecule has 0 saturated carbocycles. The maximum atomic E-state index is 7.01. The molecule has 0 saturated heterocycles.